The molecule has 1 unspecified atom stereocenters. The molecule has 0 bridgehead atoms. The van der Waals surface area contributed by atoms with Crippen molar-refractivity contribution in [1.82, 2.24) is 15.2 Å². The predicted molar refractivity (Wildman–Crippen MR) is 132 cm³/mol. The Kier molecular flexibility index (Phi) is 7.33. The summed E-state index contributed by atoms with van der Waals surface area (Å²) in [4.78, 5) is 39.9. The van der Waals surface area contributed by atoms with Gasteiger partial charge in [0.25, 0.3) is 5.56 Å². The molecule has 3 rings (SSSR count). The number of aromatic nitrogens is 3. The summed E-state index contributed by atoms with van der Waals surface area (Å²) in [6, 6.07) is 9.55. The second-order valence-corrected chi connectivity index (χ2v) is 9.39. The molecule has 0 fully saturated rings. The third kappa shape index (κ3) is 5.87. The Balaban J connectivity index is 1.83. The van der Waals surface area contributed by atoms with E-state index >= 15 is 0 Å². The lowest BCUT2D eigenvalue weighted by Crippen LogP contribution is -2.24. The van der Waals surface area contributed by atoms with Gasteiger partial charge in [0.2, 0.25) is 11.8 Å². The molecule has 3 N–H and O–H groups in total. The molecule has 9 heteroatoms. The van der Waals surface area contributed by atoms with Gasteiger partial charge in [0.05, 0.1) is 10.9 Å². The number of carbonyl (C=O) groups is 2. The third-order valence-electron chi connectivity index (χ3n) is 5.02. The number of thioether (sulfide) groups is 1. The number of carbonyl (C=O) groups excluding carboxylic acids is 2. The quantitative estimate of drug-likeness (QED) is 0.471. The minimum atomic E-state index is -0.517. The Morgan fingerprint density at radius 2 is 1.70 bits per heavy atom. The molecule has 8 nitrogen and oxygen atoms in total. The molecule has 0 aliphatic carbocycles. The second-order valence-electron chi connectivity index (χ2n) is 8.06. The van der Waals surface area contributed by atoms with Crippen LogP contribution >= 0.6 is 11.8 Å². The number of aryl methyl sites for hydroxylation is 4. The number of nitrogens with zero attached hydrogens (tertiary/aromatic N) is 2. The van der Waals surface area contributed by atoms with Gasteiger partial charge in [-0.2, -0.15) is 0 Å². The highest BCUT2D eigenvalue weighted by molar-refractivity contribution is 8.00. The molecule has 3 aromatic rings. The lowest BCUT2D eigenvalue weighted by atomic mass is 10.0. The normalized spacial score (nSPS) is 11.7. The van der Waals surface area contributed by atoms with Crippen LogP contribution in [0.4, 0.5) is 11.4 Å². The second kappa shape index (κ2) is 9.99. The zero-order valence-electron chi connectivity index (χ0n) is 19.5. The summed E-state index contributed by atoms with van der Waals surface area (Å²) in [5, 5.41) is 13.7. The topological polar surface area (TPSA) is 117 Å². The molecule has 0 saturated carbocycles. The molecule has 0 spiro atoms. The number of amides is 2. The number of rotatable bonds is 6. The van der Waals surface area contributed by atoms with E-state index in [2.05, 4.69) is 25.8 Å². The molecule has 0 radical (unpaired) electrons. The van der Waals surface area contributed by atoms with Gasteiger partial charge in [-0.25, -0.2) is 0 Å². The summed E-state index contributed by atoms with van der Waals surface area (Å²) in [7, 11) is 0. The summed E-state index contributed by atoms with van der Waals surface area (Å²) in [5.41, 5.74) is 5.17. The van der Waals surface area contributed by atoms with E-state index < -0.39 is 10.8 Å². The Morgan fingerprint density at radius 3 is 2.36 bits per heavy atom. The van der Waals surface area contributed by atoms with Crippen molar-refractivity contribution in [3.05, 3.63) is 62.9 Å². The van der Waals surface area contributed by atoms with E-state index in [0.29, 0.717) is 11.3 Å². The van der Waals surface area contributed by atoms with E-state index in [0.717, 1.165) is 39.7 Å². The van der Waals surface area contributed by atoms with Crippen LogP contribution in [0, 0.1) is 27.7 Å². The smallest absolute Gasteiger partial charge is 0.278 e. The zero-order valence-corrected chi connectivity index (χ0v) is 20.3. The van der Waals surface area contributed by atoms with E-state index in [9.17, 15) is 14.4 Å². The summed E-state index contributed by atoms with van der Waals surface area (Å²) in [6.07, 6.45) is 0. The first-order valence-electron chi connectivity index (χ1n) is 10.5. The van der Waals surface area contributed by atoms with Crippen LogP contribution in [0.3, 0.4) is 0 Å². The standard InChI is InChI=1S/C24H27N5O3S/c1-12-7-8-14(3)19(11-12)26-22(31)16(5)33-24-27-23(32)21(28-29-24)18-10-13(2)9-15(4)20(18)25-17(6)30/h7-11,16H,1-6H3,(H,25,30)(H,26,31)(H,27,29,32). The van der Waals surface area contributed by atoms with Gasteiger partial charge in [0.1, 0.15) is 0 Å². The van der Waals surface area contributed by atoms with Crippen LogP contribution in [0.25, 0.3) is 11.3 Å². The van der Waals surface area contributed by atoms with Crippen LogP contribution in [0.5, 0.6) is 0 Å². The van der Waals surface area contributed by atoms with E-state index in [1.807, 2.05) is 52.0 Å². The van der Waals surface area contributed by atoms with Crippen molar-refractivity contribution >= 4 is 35.0 Å². The first-order chi connectivity index (χ1) is 15.5. The fourth-order valence-electron chi connectivity index (χ4n) is 3.37. The Labute approximate surface area is 196 Å². The number of hydrogen-bond acceptors (Lipinski definition) is 6. The van der Waals surface area contributed by atoms with Gasteiger partial charge in [0.15, 0.2) is 10.9 Å². The number of anilines is 2. The summed E-state index contributed by atoms with van der Waals surface area (Å²) < 4.78 is 0. The highest BCUT2D eigenvalue weighted by Crippen LogP contribution is 2.30. The fraction of sp³-hybridized carbons (Fsp3) is 0.292. The van der Waals surface area contributed by atoms with Crippen molar-refractivity contribution in [3.63, 3.8) is 0 Å². The van der Waals surface area contributed by atoms with Crippen molar-refractivity contribution in [2.75, 3.05) is 10.6 Å². The molecule has 0 aliphatic rings. The van der Waals surface area contributed by atoms with Crippen molar-refractivity contribution < 1.29 is 9.59 Å². The Morgan fingerprint density at radius 1 is 0.970 bits per heavy atom. The van der Waals surface area contributed by atoms with Gasteiger partial charge < -0.3 is 10.6 Å². The fourth-order valence-corrected chi connectivity index (χ4v) is 4.11. The highest BCUT2D eigenvalue weighted by Gasteiger charge is 2.20. The van der Waals surface area contributed by atoms with Crippen molar-refractivity contribution in [1.29, 1.82) is 0 Å². The molecule has 0 saturated heterocycles. The van der Waals surface area contributed by atoms with Crippen LogP contribution < -0.4 is 16.2 Å². The van der Waals surface area contributed by atoms with E-state index in [-0.39, 0.29) is 22.7 Å². The molecule has 2 amide bonds. The first kappa shape index (κ1) is 24.2. The van der Waals surface area contributed by atoms with E-state index in [1.165, 1.54) is 6.92 Å². The molecule has 0 aliphatic heterocycles. The minimum absolute atomic E-state index is 0.0994. The number of benzene rings is 2. The SMILES string of the molecule is CC(=O)Nc1c(C)cc(C)cc1-c1nnc(SC(C)C(=O)Nc2cc(C)ccc2C)[nH]c1=O. The number of nitrogens with one attached hydrogen (secondary N) is 3. The maximum Gasteiger partial charge on any atom is 0.278 e. The summed E-state index contributed by atoms with van der Waals surface area (Å²) in [6.45, 7) is 10.8. The minimum Gasteiger partial charge on any atom is -0.325 e. The largest absolute Gasteiger partial charge is 0.325 e. The van der Waals surface area contributed by atoms with Gasteiger partial charge in [0, 0.05) is 18.2 Å². The highest BCUT2D eigenvalue weighted by atomic mass is 32.2. The van der Waals surface area contributed by atoms with Crippen LogP contribution in [-0.4, -0.2) is 32.2 Å². The van der Waals surface area contributed by atoms with Crippen molar-refractivity contribution in [3.8, 4) is 11.3 Å². The lowest BCUT2D eigenvalue weighted by molar-refractivity contribution is -0.115. The first-order valence-corrected chi connectivity index (χ1v) is 11.3. The third-order valence-corrected chi connectivity index (χ3v) is 6.00. The monoisotopic (exact) mass is 465 g/mol. The predicted octanol–water partition coefficient (Wildman–Crippen LogP) is 4.14. The van der Waals surface area contributed by atoms with Crippen LogP contribution in [0.15, 0.2) is 40.3 Å². The van der Waals surface area contributed by atoms with Crippen LogP contribution in [0.1, 0.15) is 36.1 Å². The molecule has 1 atom stereocenters. The summed E-state index contributed by atoms with van der Waals surface area (Å²) >= 11 is 1.11. The Bertz CT molecular complexity index is 1290. The van der Waals surface area contributed by atoms with Crippen molar-refractivity contribution in [2.45, 2.75) is 51.9 Å². The number of H-pyrrole nitrogens is 1. The average Bonchev–Trinajstić information content (AvgIpc) is 2.72. The molecule has 1 heterocycles. The van der Waals surface area contributed by atoms with E-state index in [1.54, 1.807) is 13.0 Å². The molecular weight excluding hydrogens is 438 g/mol. The van der Waals surface area contributed by atoms with Crippen LogP contribution in [-0.2, 0) is 9.59 Å². The van der Waals surface area contributed by atoms with Gasteiger partial charge in [-0.3, -0.25) is 19.4 Å². The maximum absolute atomic E-state index is 12.8. The van der Waals surface area contributed by atoms with Gasteiger partial charge in [-0.1, -0.05) is 35.5 Å². The maximum atomic E-state index is 12.8. The lowest BCUT2D eigenvalue weighted by Gasteiger charge is -2.14. The molecule has 33 heavy (non-hydrogen) atoms. The molecule has 1 aromatic heterocycles. The Hall–Kier alpha value is -3.46. The van der Waals surface area contributed by atoms with E-state index in [4.69, 9.17) is 0 Å². The van der Waals surface area contributed by atoms with Gasteiger partial charge in [-0.15, -0.1) is 10.2 Å². The molecular formula is C24H27N5O3S. The zero-order chi connectivity index (χ0) is 24.3. The molecule has 2 aromatic carbocycles. The van der Waals surface area contributed by atoms with Crippen molar-refractivity contribution in [2.24, 2.45) is 0 Å². The van der Waals surface area contributed by atoms with Gasteiger partial charge >= 0.3 is 0 Å². The molecule has 172 valence electrons. The number of hydrogen-bond donors (Lipinski definition) is 3. The van der Waals surface area contributed by atoms with Crippen LogP contribution in [0.2, 0.25) is 0 Å². The summed E-state index contributed by atoms with van der Waals surface area (Å²) in [5.74, 6) is -0.453. The van der Waals surface area contributed by atoms with Gasteiger partial charge in [-0.05, 0) is 63.4 Å². The number of aromatic amines is 1. The average molecular weight is 466 g/mol.